The van der Waals surface area contributed by atoms with E-state index in [1.807, 2.05) is 7.05 Å². The molecule has 0 spiro atoms. The zero-order chi connectivity index (χ0) is 19.9. The maximum Gasteiger partial charge on any atom is 0.193 e. The lowest BCUT2D eigenvalue weighted by atomic mass is 9.99. The van der Waals surface area contributed by atoms with Crippen LogP contribution in [-0.2, 0) is 6.42 Å². The molecule has 1 N–H and O–H groups in total. The van der Waals surface area contributed by atoms with Crippen molar-refractivity contribution in [1.82, 2.24) is 15.1 Å². The third-order valence-corrected chi connectivity index (χ3v) is 6.45. The summed E-state index contributed by atoms with van der Waals surface area (Å²) in [6.07, 6.45) is 3.64. The minimum Gasteiger partial charge on any atom is -0.356 e. The van der Waals surface area contributed by atoms with Crippen molar-refractivity contribution in [1.29, 1.82) is 0 Å². The molecule has 2 aliphatic heterocycles. The maximum atomic E-state index is 4.57. The van der Waals surface area contributed by atoms with E-state index in [0.717, 1.165) is 37.9 Å². The zero-order valence-electron chi connectivity index (χ0n) is 18.0. The Morgan fingerprint density at radius 2 is 1.70 bits per heavy atom. The van der Waals surface area contributed by atoms with E-state index in [1.54, 1.807) is 0 Å². The fraction of sp³-hybridized carbons (Fsp3) is 0.480. The number of halogens is 1. The monoisotopic (exact) mass is 518 g/mol. The van der Waals surface area contributed by atoms with Gasteiger partial charge in [-0.3, -0.25) is 4.99 Å². The van der Waals surface area contributed by atoms with Crippen molar-refractivity contribution in [2.75, 3.05) is 46.3 Å². The zero-order valence-corrected chi connectivity index (χ0v) is 20.4. The predicted molar refractivity (Wildman–Crippen MR) is 137 cm³/mol. The maximum absolute atomic E-state index is 4.57. The van der Waals surface area contributed by atoms with Crippen LogP contribution in [0.1, 0.15) is 29.9 Å². The second kappa shape index (κ2) is 11.7. The highest BCUT2D eigenvalue weighted by molar-refractivity contribution is 14.0. The van der Waals surface area contributed by atoms with Gasteiger partial charge in [0.15, 0.2) is 5.96 Å². The standard InChI is InChI=1S/C25H34N4.HI/c1-26-25(29-17-14-24(20-29)23-10-6-3-7-11-23)27-18-22-13-16-28(19-22)15-12-21-8-4-2-5-9-21;/h2-11,22,24H,12-20H2,1H3,(H,26,27);1H. The number of nitrogens with one attached hydrogen (secondary N) is 1. The van der Waals surface area contributed by atoms with Crippen molar-refractivity contribution in [3.05, 3.63) is 71.8 Å². The summed E-state index contributed by atoms with van der Waals surface area (Å²) in [6, 6.07) is 21.7. The lowest BCUT2D eigenvalue weighted by Crippen LogP contribution is -2.42. The number of benzene rings is 2. The number of rotatable bonds is 6. The smallest absolute Gasteiger partial charge is 0.193 e. The summed E-state index contributed by atoms with van der Waals surface area (Å²) in [7, 11) is 1.92. The van der Waals surface area contributed by atoms with Gasteiger partial charge in [0.2, 0.25) is 0 Å². The first-order valence-corrected chi connectivity index (χ1v) is 11.1. The van der Waals surface area contributed by atoms with Crippen molar-refractivity contribution < 1.29 is 0 Å². The summed E-state index contributed by atoms with van der Waals surface area (Å²) in [5, 5.41) is 3.67. The Morgan fingerprint density at radius 1 is 0.967 bits per heavy atom. The number of likely N-dealkylation sites (tertiary alicyclic amines) is 2. The highest BCUT2D eigenvalue weighted by atomic mass is 127. The van der Waals surface area contributed by atoms with Crippen molar-refractivity contribution in [3.8, 4) is 0 Å². The van der Waals surface area contributed by atoms with E-state index in [9.17, 15) is 0 Å². The molecule has 2 atom stereocenters. The Morgan fingerprint density at radius 3 is 2.43 bits per heavy atom. The average molecular weight is 518 g/mol. The van der Waals surface area contributed by atoms with Gasteiger partial charge in [-0.2, -0.15) is 0 Å². The molecule has 162 valence electrons. The molecule has 2 saturated heterocycles. The molecule has 0 radical (unpaired) electrons. The fourth-order valence-corrected chi connectivity index (χ4v) is 4.73. The number of hydrogen-bond donors (Lipinski definition) is 1. The molecular weight excluding hydrogens is 483 g/mol. The van der Waals surface area contributed by atoms with E-state index in [1.165, 1.54) is 43.6 Å². The number of aliphatic imine (C=N–C) groups is 1. The molecule has 2 heterocycles. The van der Waals surface area contributed by atoms with E-state index in [2.05, 4.69) is 80.8 Å². The lowest BCUT2D eigenvalue weighted by molar-refractivity contribution is 0.327. The SMILES string of the molecule is CN=C(NCC1CCN(CCc2ccccc2)C1)N1CCC(c2ccccc2)C1.I. The second-order valence-electron chi connectivity index (χ2n) is 8.46. The molecule has 2 aliphatic rings. The van der Waals surface area contributed by atoms with Crippen LogP contribution in [0.15, 0.2) is 65.7 Å². The Kier molecular flexibility index (Phi) is 9.00. The molecule has 0 amide bonds. The van der Waals surface area contributed by atoms with Crippen LogP contribution in [0, 0.1) is 5.92 Å². The van der Waals surface area contributed by atoms with Crippen LogP contribution in [0.25, 0.3) is 0 Å². The Labute approximate surface area is 198 Å². The molecule has 2 unspecified atom stereocenters. The van der Waals surface area contributed by atoms with Crippen LogP contribution >= 0.6 is 24.0 Å². The van der Waals surface area contributed by atoms with Crippen LogP contribution in [0.5, 0.6) is 0 Å². The molecule has 4 rings (SSSR count). The van der Waals surface area contributed by atoms with Crippen LogP contribution in [0.4, 0.5) is 0 Å². The predicted octanol–water partition coefficient (Wildman–Crippen LogP) is 4.23. The van der Waals surface area contributed by atoms with Gasteiger partial charge in [0.05, 0.1) is 0 Å². The molecule has 2 fully saturated rings. The van der Waals surface area contributed by atoms with Gasteiger partial charge >= 0.3 is 0 Å². The Hall–Kier alpha value is -1.60. The van der Waals surface area contributed by atoms with E-state index < -0.39 is 0 Å². The van der Waals surface area contributed by atoms with E-state index >= 15 is 0 Å². The molecule has 0 aliphatic carbocycles. The second-order valence-corrected chi connectivity index (χ2v) is 8.46. The van der Waals surface area contributed by atoms with Gasteiger partial charge in [0.25, 0.3) is 0 Å². The third kappa shape index (κ3) is 6.20. The molecular formula is C25H35IN4. The Balaban J connectivity index is 0.00000256. The normalized spacial score (nSPS) is 22.2. The summed E-state index contributed by atoms with van der Waals surface area (Å²) in [5.41, 5.74) is 2.90. The highest BCUT2D eigenvalue weighted by Crippen LogP contribution is 2.27. The molecule has 0 aromatic heterocycles. The summed E-state index contributed by atoms with van der Waals surface area (Å²) < 4.78 is 0. The first-order valence-electron chi connectivity index (χ1n) is 11.1. The minimum atomic E-state index is 0. The largest absolute Gasteiger partial charge is 0.356 e. The van der Waals surface area contributed by atoms with E-state index in [4.69, 9.17) is 0 Å². The van der Waals surface area contributed by atoms with Crippen molar-refractivity contribution in [2.45, 2.75) is 25.2 Å². The fourth-order valence-electron chi connectivity index (χ4n) is 4.73. The minimum absolute atomic E-state index is 0. The van der Waals surface area contributed by atoms with Crippen LogP contribution in [-0.4, -0.2) is 62.1 Å². The number of hydrogen-bond acceptors (Lipinski definition) is 2. The molecule has 0 bridgehead atoms. The van der Waals surface area contributed by atoms with Gasteiger partial charge in [-0.05, 0) is 42.9 Å². The van der Waals surface area contributed by atoms with Gasteiger partial charge in [-0.1, -0.05) is 60.7 Å². The lowest BCUT2D eigenvalue weighted by Gasteiger charge is -2.23. The quantitative estimate of drug-likeness (QED) is 0.353. The van der Waals surface area contributed by atoms with Gasteiger partial charge in [-0.15, -0.1) is 24.0 Å². The summed E-state index contributed by atoms with van der Waals surface area (Å²) in [5.74, 6) is 2.41. The van der Waals surface area contributed by atoms with Gasteiger partial charge in [0.1, 0.15) is 0 Å². The summed E-state index contributed by atoms with van der Waals surface area (Å²) in [4.78, 5) is 9.62. The molecule has 4 nitrogen and oxygen atoms in total. The number of guanidine groups is 1. The van der Waals surface area contributed by atoms with Crippen molar-refractivity contribution in [3.63, 3.8) is 0 Å². The van der Waals surface area contributed by atoms with Crippen molar-refractivity contribution >= 4 is 29.9 Å². The van der Waals surface area contributed by atoms with E-state index in [0.29, 0.717) is 5.92 Å². The third-order valence-electron chi connectivity index (χ3n) is 6.45. The van der Waals surface area contributed by atoms with Gasteiger partial charge in [0, 0.05) is 45.7 Å². The average Bonchev–Trinajstić information content (AvgIpc) is 3.44. The van der Waals surface area contributed by atoms with Crippen LogP contribution < -0.4 is 5.32 Å². The van der Waals surface area contributed by atoms with Crippen molar-refractivity contribution in [2.24, 2.45) is 10.9 Å². The molecule has 0 saturated carbocycles. The first-order chi connectivity index (χ1) is 14.3. The molecule has 5 heteroatoms. The van der Waals surface area contributed by atoms with E-state index in [-0.39, 0.29) is 24.0 Å². The summed E-state index contributed by atoms with van der Waals surface area (Å²) in [6.45, 7) is 6.77. The molecule has 2 aromatic carbocycles. The number of nitrogens with zero attached hydrogens (tertiary/aromatic N) is 3. The molecule has 2 aromatic rings. The summed E-state index contributed by atoms with van der Waals surface area (Å²) >= 11 is 0. The van der Waals surface area contributed by atoms with Crippen LogP contribution in [0.3, 0.4) is 0 Å². The molecule has 30 heavy (non-hydrogen) atoms. The van der Waals surface area contributed by atoms with Crippen LogP contribution in [0.2, 0.25) is 0 Å². The van der Waals surface area contributed by atoms with Gasteiger partial charge in [-0.25, -0.2) is 0 Å². The highest BCUT2D eigenvalue weighted by Gasteiger charge is 2.27. The Bertz CT molecular complexity index is 780. The van der Waals surface area contributed by atoms with Gasteiger partial charge < -0.3 is 15.1 Å². The topological polar surface area (TPSA) is 30.9 Å². The first kappa shape index (κ1) is 23.1.